The molecule has 0 saturated carbocycles. The van der Waals surface area contributed by atoms with Gasteiger partial charge in [0.15, 0.2) is 0 Å². The second kappa shape index (κ2) is 7.27. The fourth-order valence-corrected chi connectivity index (χ4v) is 3.29. The zero-order valence-electron chi connectivity index (χ0n) is 14.1. The van der Waals surface area contributed by atoms with Crippen molar-refractivity contribution in [2.45, 2.75) is 13.0 Å². The van der Waals surface area contributed by atoms with Crippen LogP contribution in [0.15, 0.2) is 36.5 Å². The number of pyridine rings is 1. The first-order chi connectivity index (χ1) is 12.0. The highest BCUT2D eigenvalue weighted by Gasteiger charge is 2.29. The molecule has 0 radical (unpaired) electrons. The van der Waals surface area contributed by atoms with Gasteiger partial charge in [-0.3, -0.25) is 4.79 Å². The molecule has 25 heavy (non-hydrogen) atoms. The lowest BCUT2D eigenvalue weighted by Gasteiger charge is -2.41. The van der Waals surface area contributed by atoms with Crippen molar-refractivity contribution in [3.05, 3.63) is 52.9 Å². The highest BCUT2D eigenvalue weighted by molar-refractivity contribution is 6.32. The summed E-state index contributed by atoms with van der Waals surface area (Å²) in [6.45, 7) is 3.57. The fraction of sp³-hybridized carbons (Fsp3) is 0.333. The molecule has 1 unspecified atom stereocenters. The lowest BCUT2D eigenvalue weighted by Crippen LogP contribution is -2.54. The molecule has 132 valence electrons. The van der Waals surface area contributed by atoms with Gasteiger partial charge >= 0.3 is 0 Å². The number of ether oxygens (including phenoxy) is 1. The number of anilines is 1. The minimum Gasteiger partial charge on any atom is -0.480 e. The Morgan fingerprint density at radius 1 is 1.36 bits per heavy atom. The van der Waals surface area contributed by atoms with Crippen molar-refractivity contribution in [3.63, 3.8) is 0 Å². The number of hydrogen-bond acceptors (Lipinski definition) is 4. The van der Waals surface area contributed by atoms with Gasteiger partial charge < -0.3 is 14.5 Å². The van der Waals surface area contributed by atoms with Gasteiger partial charge in [-0.25, -0.2) is 9.37 Å². The number of halogens is 2. The van der Waals surface area contributed by atoms with Gasteiger partial charge in [0, 0.05) is 31.9 Å². The predicted molar refractivity (Wildman–Crippen MR) is 94.9 cm³/mol. The third-order valence-electron chi connectivity index (χ3n) is 4.33. The van der Waals surface area contributed by atoms with Crippen LogP contribution in [0.3, 0.4) is 0 Å². The molecule has 1 aromatic carbocycles. The summed E-state index contributed by atoms with van der Waals surface area (Å²) < 4.78 is 19.0. The van der Waals surface area contributed by atoms with Gasteiger partial charge in [-0.2, -0.15) is 0 Å². The molecule has 1 aliphatic rings. The summed E-state index contributed by atoms with van der Waals surface area (Å²) in [5.74, 6) is -0.103. The number of carbonyl (C=O) groups is 1. The third-order valence-corrected chi connectivity index (χ3v) is 4.60. The summed E-state index contributed by atoms with van der Waals surface area (Å²) in [5, 5.41) is 0.297. The molecule has 1 amide bonds. The molecular formula is C18H19ClFN3O2. The molecule has 7 heteroatoms. The summed E-state index contributed by atoms with van der Waals surface area (Å²) in [6.07, 6.45) is 1.46. The van der Waals surface area contributed by atoms with E-state index in [0.29, 0.717) is 35.9 Å². The number of rotatable bonds is 3. The van der Waals surface area contributed by atoms with Gasteiger partial charge in [0.1, 0.15) is 10.8 Å². The number of carbonyl (C=O) groups excluding carboxylic acids is 1. The van der Waals surface area contributed by atoms with Crippen molar-refractivity contribution < 1.29 is 13.9 Å². The Hall–Kier alpha value is -2.34. The number of piperazine rings is 1. The van der Waals surface area contributed by atoms with Crippen LogP contribution < -0.4 is 9.64 Å². The number of para-hydroxylation sites is 1. The second-order valence-electron chi connectivity index (χ2n) is 5.96. The quantitative estimate of drug-likeness (QED) is 0.840. The number of aromatic nitrogens is 1. The Bertz CT molecular complexity index is 787. The molecule has 1 fully saturated rings. The van der Waals surface area contributed by atoms with E-state index in [9.17, 15) is 9.18 Å². The first-order valence-electron chi connectivity index (χ1n) is 8.01. The lowest BCUT2D eigenvalue weighted by molar-refractivity contribution is 0.0673. The highest BCUT2D eigenvalue weighted by Crippen LogP contribution is 2.25. The Morgan fingerprint density at radius 2 is 2.12 bits per heavy atom. The molecule has 0 spiro atoms. The van der Waals surface area contributed by atoms with Crippen molar-refractivity contribution in [2.75, 3.05) is 31.6 Å². The number of hydrogen-bond donors (Lipinski definition) is 0. The van der Waals surface area contributed by atoms with E-state index >= 15 is 0 Å². The van der Waals surface area contributed by atoms with Crippen LogP contribution in [0, 0.1) is 5.82 Å². The molecule has 0 N–H and O–H groups in total. The van der Waals surface area contributed by atoms with Gasteiger partial charge in [-0.15, -0.1) is 0 Å². The van der Waals surface area contributed by atoms with Gasteiger partial charge in [0.2, 0.25) is 5.88 Å². The number of nitrogens with zero attached hydrogens (tertiary/aromatic N) is 3. The van der Waals surface area contributed by atoms with Crippen LogP contribution in [0.1, 0.15) is 17.3 Å². The fourth-order valence-electron chi connectivity index (χ4n) is 3.04. The summed E-state index contributed by atoms with van der Waals surface area (Å²) >= 11 is 6.06. The summed E-state index contributed by atoms with van der Waals surface area (Å²) in [5.41, 5.74) is 0.979. The maximum atomic E-state index is 14.0. The van der Waals surface area contributed by atoms with Crippen LogP contribution in [-0.2, 0) is 0 Å². The zero-order valence-corrected chi connectivity index (χ0v) is 14.8. The Labute approximate surface area is 151 Å². The molecular weight excluding hydrogens is 345 g/mol. The SMILES string of the molecule is COc1ncc(C(=O)N2CCN(c3ccccc3F)CC2C)cc1Cl. The van der Waals surface area contributed by atoms with E-state index in [4.69, 9.17) is 16.3 Å². The van der Waals surface area contributed by atoms with Gasteiger partial charge in [-0.1, -0.05) is 23.7 Å². The van der Waals surface area contributed by atoms with E-state index in [2.05, 4.69) is 4.98 Å². The van der Waals surface area contributed by atoms with Crippen molar-refractivity contribution in [1.29, 1.82) is 0 Å². The molecule has 2 aromatic rings. The van der Waals surface area contributed by atoms with Crippen molar-refractivity contribution >= 4 is 23.2 Å². The van der Waals surface area contributed by atoms with E-state index < -0.39 is 0 Å². The minimum atomic E-state index is -0.249. The van der Waals surface area contributed by atoms with Gasteiger partial charge in [0.25, 0.3) is 5.91 Å². The molecule has 2 heterocycles. The topological polar surface area (TPSA) is 45.7 Å². The number of amides is 1. The predicted octanol–water partition coefficient (Wildman–Crippen LogP) is 3.23. The minimum absolute atomic E-state index is 0.0678. The molecule has 1 atom stereocenters. The van der Waals surface area contributed by atoms with Crippen LogP contribution in [0.5, 0.6) is 5.88 Å². The normalized spacial score (nSPS) is 17.5. The molecule has 3 rings (SSSR count). The molecule has 1 aliphatic heterocycles. The first-order valence-corrected chi connectivity index (χ1v) is 8.39. The molecule has 0 aliphatic carbocycles. The highest BCUT2D eigenvalue weighted by atomic mass is 35.5. The Balaban J connectivity index is 1.74. The van der Waals surface area contributed by atoms with Crippen LogP contribution in [0.2, 0.25) is 5.02 Å². The average molecular weight is 364 g/mol. The van der Waals surface area contributed by atoms with Gasteiger partial charge in [0.05, 0.1) is 18.4 Å². The number of benzene rings is 1. The van der Waals surface area contributed by atoms with Crippen molar-refractivity contribution in [1.82, 2.24) is 9.88 Å². The van der Waals surface area contributed by atoms with E-state index in [1.807, 2.05) is 17.9 Å². The zero-order chi connectivity index (χ0) is 18.0. The van der Waals surface area contributed by atoms with E-state index in [0.717, 1.165) is 0 Å². The summed E-state index contributed by atoms with van der Waals surface area (Å²) in [7, 11) is 1.47. The molecule has 1 saturated heterocycles. The monoisotopic (exact) mass is 363 g/mol. The smallest absolute Gasteiger partial charge is 0.255 e. The van der Waals surface area contributed by atoms with Crippen molar-refractivity contribution in [2.24, 2.45) is 0 Å². The number of methoxy groups -OCH3 is 1. The summed E-state index contributed by atoms with van der Waals surface area (Å²) in [6, 6.07) is 8.18. The van der Waals surface area contributed by atoms with E-state index in [-0.39, 0.29) is 23.6 Å². The molecule has 1 aromatic heterocycles. The van der Waals surface area contributed by atoms with Crippen LogP contribution in [0.25, 0.3) is 0 Å². The maximum absolute atomic E-state index is 14.0. The largest absolute Gasteiger partial charge is 0.480 e. The Kier molecular flexibility index (Phi) is 5.08. The third kappa shape index (κ3) is 3.54. The van der Waals surface area contributed by atoms with Crippen LogP contribution in [0.4, 0.5) is 10.1 Å². The maximum Gasteiger partial charge on any atom is 0.255 e. The van der Waals surface area contributed by atoms with E-state index in [1.165, 1.54) is 19.4 Å². The van der Waals surface area contributed by atoms with Crippen LogP contribution >= 0.6 is 11.6 Å². The molecule has 5 nitrogen and oxygen atoms in total. The average Bonchev–Trinajstić information content (AvgIpc) is 2.61. The lowest BCUT2D eigenvalue weighted by atomic mass is 10.1. The molecule has 0 bridgehead atoms. The Morgan fingerprint density at radius 3 is 2.76 bits per heavy atom. The van der Waals surface area contributed by atoms with Gasteiger partial charge in [-0.05, 0) is 25.1 Å². The second-order valence-corrected chi connectivity index (χ2v) is 6.37. The summed E-state index contributed by atoms with van der Waals surface area (Å²) in [4.78, 5) is 20.5. The standard InChI is InChI=1S/C18H19ClFN3O2/c1-12-11-22(16-6-4-3-5-15(16)20)7-8-23(12)18(24)13-9-14(19)17(25-2)21-10-13/h3-6,9-10,12H,7-8,11H2,1-2H3. The first kappa shape index (κ1) is 17.5. The van der Waals surface area contributed by atoms with Crippen molar-refractivity contribution in [3.8, 4) is 5.88 Å². The van der Waals surface area contributed by atoms with E-state index in [1.54, 1.807) is 23.1 Å². The van der Waals surface area contributed by atoms with Crippen LogP contribution in [-0.4, -0.2) is 48.6 Å².